The summed E-state index contributed by atoms with van der Waals surface area (Å²) in [4.78, 5) is 22.7. The van der Waals surface area contributed by atoms with Gasteiger partial charge in [0.1, 0.15) is 0 Å². The Morgan fingerprint density at radius 2 is 1.94 bits per heavy atom. The Kier molecular flexibility index (Phi) is 4.36. The van der Waals surface area contributed by atoms with Gasteiger partial charge in [-0.3, -0.25) is 9.59 Å². The summed E-state index contributed by atoms with van der Waals surface area (Å²) in [5, 5.41) is 8.76. The molecule has 5 heteroatoms. The Morgan fingerprint density at radius 1 is 1.12 bits per heavy atom. The normalized spacial score (nSPS) is 24.1. The lowest BCUT2D eigenvalue weighted by atomic mass is 10.0. The largest absolute Gasteiger partial charge is 0.348 e. The van der Waals surface area contributed by atoms with E-state index in [4.69, 9.17) is 0 Å². The van der Waals surface area contributed by atoms with E-state index in [-0.39, 0.29) is 6.04 Å². The number of amides is 2. The molecule has 2 rings (SSSR count). The van der Waals surface area contributed by atoms with E-state index in [1.54, 1.807) is 0 Å². The minimum atomic E-state index is -0.493. The van der Waals surface area contributed by atoms with Crippen LogP contribution in [0.25, 0.3) is 0 Å². The third-order valence-corrected chi connectivity index (χ3v) is 3.31. The molecule has 0 aromatic carbocycles. The van der Waals surface area contributed by atoms with Crippen LogP contribution in [-0.4, -0.2) is 37.0 Å². The highest BCUT2D eigenvalue weighted by molar-refractivity contribution is 6.35. The smallest absolute Gasteiger partial charge is 0.309 e. The number of hydrogen-bond donors (Lipinski definition) is 3. The van der Waals surface area contributed by atoms with Gasteiger partial charge in [0.2, 0.25) is 0 Å². The quantitative estimate of drug-likeness (QED) is 0.601. The maximum atomic E-state index is 11.4. The number of nitrogens with one attached hydrogen (secondary N) is 3. The molecule has 1 saturated carbocycles. The molecule has 0 radical (unpaired) electrons. The second-order valence-corrected chi connectivity index (χ2v) is 4.94. The van der Waals surface area contributed by atoms with Crippen LogP contribution in [0.3, 0.4) is 0 Å². The first kappa shape index (κ1) is 12.4. The molecule has 3 N–H and O–H groups in total. The molecule has 5 nitrogen and oxygen atoms in total. The van der Waals surface area contributed by atoms with Crippen molar-refractivity contribution in [3.63, 3.8) is 0 Å². The highest BCUT2D eigenvalue weighted by atomic mass is 16.2. The lowest BCUT2D eigenvalue weighted by molar-refractivity contribution is -0.139. The van der Waals surface area contributed by atoms with E-state index < -0.39 is 11.8 Å². The Bertz CT molecular complexity index is 283. The summed E-state index contributed by atoms with van der Waals surface area (Å²) in [6, 6.07) is 0.740. The summed E-state index contributed by atoms with van der Waals surface area (Å²) in [7, 11) is 0. The molecule has 0 aromatic heterocycles. The summed E-state index contributed by atoms with van der Waals surface area (Å²) in [6.07, 6.45) is 6.59. The van der Waals surface area contributed by atoms with Gasteiger partial charge < -0.3 is 16.0 Å². The van der Waals surface area contributed by atoms with Crippen molar-refractivity contribution >= 4 is 11.8 Å². The molecular formula is C12H21N3O2. The van der Waals surface area contributed by atoms with Crippen LogP contribution in [0, 0.1) is 0 Å². The van der Waals surface area contributed by atoms with Crippen molar-refractivity contribution in [3.8, 4) is 0 Å². The van der Waals surface area contributed by atoms with E-state index in [0.717, 1.165) is 25.8 Å². The van der Waals surface area contributed by atoms with Crippen LogP contribution in [0.2, 0.25) is 0 Å². The first-order valence-electron chi connectivity index (χ1n) is 6.58. The molecule has 2 fully saturated rings. The number of hydrogen-bond acceptors (Lipinski definition) is 3. The molecule has 0 spiro atoms. The predicted molar refractivity (Wildman–Crippen MR) is 64.4 cm³/mol. The number of rotatable bonds is 4. The molecule has 0 unspecified atom stereocenters. The first-order chi connectivity index (χ1) is 8.25. The molecule has 2 amide bonds. The van der Waals surface area contributed by atoms with Gasteiger partial charge in [-0.1, -0.05) is 6.42 Å². The minimum absolute atomic E-state index is 0.244. The van der Waals surface area contributed by atoms with Gasteiger partial charge in [0.05, 0.1) is 0 Å². The van der Waals surface area contributed by atoms with E-state index >= 15 is 0 Å². The third-order valence-electron chi connectivity index (χ3n) is 3.31. The predicted octanol–water partition coefficient (Wildman–Crippen LogP) is -0.0866. The van der Waals surface area contributed by atoms with Crippen LogP contribution in [0.5, 0.6) is 0 Å². The molecule has 1 aliphatic carbocycles. The van der Waals surface area contributed by atoms with Gasteiger partial charge >= 0.3 is 11.8 Å². The maximum Gasteiger partial charge on any atom is 0.309 e. The van der Waals surface area contributed by atoms with Crippen molar-refractivity contribution in [1.82, 2.24) is 16.0 Å². The number of piperidine rings is 1. The van der Waals surface area contributed by atoms with Gasteiger partial charge in [-0.05, 0) is 38.6 Å². The van der Waals surface area contributed by atoms with Crippen molar-refractivity contribution in [3.05, 3.63) is 0 Å². The third kappa shape index (κ3) is 4.34. The summed E-state index contributed by atoms with van der Waals surface area (Å²) in [5.74, 6) is -0.975. The lowest BCUT2D eigenvalue weighted by Crippen LogP contribution is -2.43. The highest BCUT2D eigenvalue weighted by Gasteiger charge is 2.26. The Morgan fingerprint density at radius 3 is 2.59 bits per heavy atom. The summed E-state index contributed by atoms with van der Waals surface area (Å²) in [5.41, 5.74) is 0. The molecule has 17 heavy (non-hydrogen) atoms. The second kappa shape index (κ2) is 6.00. The average molecular weight is 239 g/mol. The van der Waals surface area contributed by atoms with E-state index in [0.29, 0.717) is 12.6 Å². The number of carbonyl (C=O) groups is 2. The fraction of sp³-hybridized carbons (Fsp3) is 0.833. The van der Waals surface area contributed by atoms with Crippen LogP contribution >= 0.6 is 0 Å². The van der Waals surface area contributed by atoms with Crippen molar-refractivity contribution in [1.29, 1.82) is 0 Å². The number of carbonyl (C=O) groups excluding carboxylic acids is 2. The fourth-order valence-corrected chi connectivity index (χ4v) is 2.09. The van der Waals surface area contributed by atoms with Crippen molar-refractivity contribution < 1.29 is 9.59 Å². The lowest BCUT2D eigenvalue weighted by Gasteiger charge is -2.23. The molecular weight excluding hydrogens is 218 g/mol. The Labute approximate surface area is 102 Å². The minimum Gasteiger partial charge on any atom is -0.348 e. The van der Waals surface area contributed by atoms with Gasteiger partial charge in [-0.25, -0.2) is 0 Å². The second-order valence-electron chi connectivity index (χ2n) is 4.94. The zero-order chi connectivity index (χ0) is 12.1. The molecule has 1 heterocycles. The first-order valence-corrected chi connectivity index (χ1v) is 6.58. The molecule has 1 saturated heterocycles. The summed E-state index contributed by atoms with van der Waals surface area (Å²) < 4.78 is 0. The summed E-state index contributed by atoms with van der Waals surface area (Å²) in [6.45, 7) is 1.65. The zero-order valence-corrected chi connectivity index (χ0v) is 10.1. The maximum absolute atomic E-state index is 11.4. The van der Waals surface area contributed by atoms with Gasteiger partial charge in [0.15, 0.2) is 0 Å². The van der Waals surface area contributed by atoms with Gasteiger partial charge in [-0.2, -0.15) is 0 Å². The van der Waals surface area contributed by atoms with Crippen LogP contribution in [0.4, 0.5) is 0 Å². The molecule has 0 bridgehead atoms. The Balaban J connectivity index is 1.56. The molecule has 0 aromatic rings. The SMILES string of the molecule is O=C(NCC[C@H]1CCCCN1)C(=O)NC1CC1. The van der Waals surface area contributed by atoms with Gasteiger partial charge in [0, 0.05) is 18.6 Å². The molecule has 96 valence electrons. The highest BCUT2D eigenvalue weighted by Crippen LogP contribution is 2.18. The van der Waals surface area contributed by atoms with E-state index in [9.17, 15) is 9.59 Å². The van der Waals surface area contributed by atoms with E-state index in [1.165, 1.54) is 19.3 Å². The topological polar surface area (TPSA) is 70.2 Å². The monoisotopic (exact) mass is 239 g/mol. The molecule has 1 atom stereocenters. The van der Waals surface area contributed by atoms with Crippen molar-refractivity contribution in [2.45, 2.75) is 50.6 Å². The molecule has 2 aliphatic rings. The zero-order valence-electron chi connectivity index (χ0n) is 10.1. The van der Waals surface area contributed by atoms with Crippen molar-refractivity contribution in [2.75, 3.05) is 13.1 Å². The fourth-order valence-electron chi connectivity index (χ4n) is 2.09. The average Bonchev–Trinajstić information content (AvgIpc) is 3.14. The van der Waals surface area contributed by atoms with E-state index in [2.05, 4.69) is 16.0 Å². The standard InChI is InChI=1S/C12H21N3O2/c16-11(12(17)15-10-4-5-10)14-8-6-9-3-1-2-7-13-9/h9-10,13H,1-8H2,(H,14,16)(H,15,17)/t9-/m1/s1. The molecule has 1 aliphatic heterocycles. The van der Waals surface area contributed by atoms with Crippen LogP contribution in [-0.2, 0) is 9.59 Å². The van der Waals surface area contributed by atoms with Crippen LogP contribution in [0.15, 0.2) is 0 Å². The summed E-state index contributed by atoms with van der Waals surface area (Å²) >= 11 is 0. The van der Waals surface area contributed by atoms with E-state index in [1.807, 2.05) is 0 Å². The van der Waals surface area contributed by atoms with Gasteiger partial charge in [-0.15, -0.1) is 0 Å². The van der Waals surface area contributed by atoms with Crippen LogP contribution in [0.1, 0.15) is 38.5 Å². The Hall–Kier alpha value is -1.10. The van der Waals surface area contributed by atoms with Crippen molar-refractivity contribution in [2.24, 2.45) is 0 Å². The van der Waals surface area contributed by atoms with Gasteiger partial charge in [0.25, 0.3) is 0 Å². The van der Waals surface area contributed by atoms with Crippen LogP contribution < -0.4 is 16.0 Å².